The van der Waals surface area contributed by atoms with Gasteiger partial charge in [-0.25, -0.2) is 0 Å². The number of carbonyl (C=O) groups excluding carboxylic acids is 2. The predicted molar refractivity (Wildman–Crippen MR) is 268 cm³/mol. The van der Waals surface area contributed by atoms with Gasteiger partial charge in [-0.1, -0.05) is 209 Å². The van der Waals surface area contributed by atoms with E-state index in [1.54, 1.807) is 6.08 Å². The van der Waals surface area contributed by atoms with E-state index < -0.39 is 12.1 Å². The number of unbranched alkanes of at least 4 members (excludes halogenated alkanes) is 30. The lowest BCUT2D eigenvalue weighted by atomic mass is 10.0. The van der Waals surface area contributed by atoms with E-state index in [0.29, 0.717) is 19.4 Å². The Morgan fingerprint density at radius 3 is 1.34 bits per heavy atom. The lowest BCUT2D eigenvalue weighted by molar-refractivity contribution is -0.143. The average molecular weight is 868 g/mol. The number of allylic oxidation sites excluding steroid dienone is 9. The quantitative estimate of drug-likeness (QED) is 0.0245. The second-order valence-corrected chi connectivity index (χ2v) is 17.9. The lowest BCUT2D eigenvalue weighted by Gasteiger charge is -2.20. The number of aliphatic hydroxyl groups excluding tert-OH is 2. The average Bonchev–Trinajstić information content (AvgIpc) is 3.27. The molecule has 0 aromatic carbocycles. The number of esters is 1. The molecular formula is C56H101NO5. The molecule has 0 aliphatic rings. The Morgan fingerprint density at radius 1 is 0.468 bits per heavy atom. The molecular weight excluding hydrogens is 767 g/mol. The summed E-state index contributed by atoms with van der Waals surface area (Å²) < 4.78 is 5.44. The highest BCUT2D eigenvalue weighted by atomic mass is 16.5. The smallest absolute Gasteiger partial charge is 0.305 e. The van der Waals surface area contributed by atoms with Gasteiger partial charge in [0.15, 0.2) is 0 Å². The first-order valence-corrected chi connectivity index (χ1v) is 26.6. The third kappa shape index (κ3) is 47.0. The van der Waals surface area contributed by atoms with Crippen LogP contribution in [0.4, 0.5) is 0 Å². The van der Waals surface area contributed by atoms with E-state index in [2.05, 4.69) is 67.8 Å². The molecule has 0 saturated carbocycles. The summed E-state index contributed by atoms with van der Waals surface area (Å²) in [7, 11) is 0. The van der Waals surface area contributed by atoms with E-state index >= 15 is 0 Å². The Hall–Kier alpha value is -2.44. The maximum atomic E-state index is 12.4. The number of hydrogen-bond acceptors (Lipinski definition) is 5. The van der Waals surface area contributed by atoms with Crippen LogP contribution in [-0.4, -0.2) is 47.4 Å². The number of rotatable bonds is 48. The highest BCUT2D eigenvalue weighted by Crippen LogP contribution is 2.14. The van der Waals surface area contributed by atoms with Gasteiger partial charge in [-0.15, -0.1) is 0 Å². The monoisotopic (exact) mass is 868 g/mol. The van der Waals surface area contributed by atoms with Crippen LogP contribution in [0.3, 0.4) is 0 Å². The summed E-state index contributed by atoms with van der Waals surface area (Å²) in [6.45, 7) is 4.81. The lowest BCUT2D eigenvalue weighted by Crippen LogP contribution is -2.45. The highest BCUT2D eigenvalue weighted by Gasteiger charge is 2.18. The van der Waals surface area contributed by atoms with Crippen LogP contribution in [0.5, 0.6) is 0 Å². The summed E-state index contributed by atoms with van der Waals surface area (Å²) in [6.07, 6.45) is 65.1. The summed E-state index contributed by atoms with van der Waals surface area (Å²) >= 11 is 0. The van der Waals surface area contributed by atoms with E-state index in [0.717, 1.165) is 89.9 Å². The summed E-state index contributed by atoms with van der Waals surface area (Å²) in [6, 6.07) is -0.646. The molecule has 0 rings (SSSR count). The van der Waals surface area contributed by atoms with E-state index in [1.807, 2.05) is 6.08 Å². The molecule has 0 aromatic rings. The molecule has 2 atom stereocenters. The molecule has 6 heteroatoms. The molecule has 0 heterocycles. The normalized spacial score (nSPS) is 13.2. The molecule has 6 nitrogen and oxygen atoms in total. The number of ether oxygens (including phenoxy) is 1. The summed E-state index contributed by atoms with van der Waals surface area (Å²) in [5, 5.41) is 23.0. The minimum Gasteiger partial charge on any atom is -0.466 e. The molecule has 62 heavy (non-hydrogen) atoms. The number of hydrogen-bond donors (Lipinski definition) is 3. The van der Waals surface area contributed by atoms with Crippen molar-refractivity contribution < 1.29 is 24.5 Å². The number of amides is 1. The van der Waals surface area contributed by atoms with Gasteiger partial charge in [0.2, 0.25) is 5.91 Å². The standard InChI is InChI=1S/C56H101NO5/c1-3-5-7-9-11-13-15-17-19-22-26-30-34-38-42-46-50-56(61)62-51-47-43-39-35-31-27-23-20-21-25-29-33-37-41-45-49-55(60)57-53(52-58)54(59)48-44-40-36-32-28-24-18-16-14-12-10-8-6-4-2/h13,15,19-20,22-23,27,31,44,48,53-54,58-59H,3-12,14,16-18,21,24-26,28-30,32-43,45-47,49-52H2,1-2H3,(H,57,60)/b15-13-,22-19-,23-20-,31-27-,48-44+. The first-order chi connectivity index (χ1) is 30.5. The van der Waals surface area contributed by atoms with Crippen molar-refractivity contribution in [1.82, 2.24) is 5.32 Å². The van der Waals surface area contributed by atoms with Gasteiger partial charge >= 0.3 is 5.97 Å². The van der Waals surface area contributed by atoms with Crippen molar-refractivity contribution in [3.63, 3.8) is 0 Å². The SMILES string of the molecule is CCCCCC/C=C\C/C=C\CCCCCCCC(=O)OCCCCC/C=C\C=C/CCCCCCCCC(=O)NC(CO)C(O)/C=C/CCCCCCCCCCCCCC. The largest absolute Gasteiger partial charge is 0.466 e. The van der Waals surface area contributed by atoms with Gasteiger partial charge in [0.1, 0.15) is 0 Å². The van der Waals surface area contributed by atoms with Crippen LogP contribution >= 0.6 is 0 Å². The minimum absolute atomic E-state index is 0.0374. The minimum atomic E-state index is -0.860. The van der Waals surface area contributed by atoms with E-state index in [4.69, 9.17) is 4.74 Å². The van der Waals surface area contributed by atoms with Crippen molar-refractivity contribution in [3.8, 4) is 0 Å². The molecule has 0 aliphatic heterocycles. The maximum absolute atomic E-state index is 12.4. The van der Waals surface area contributed by atoms with Crippen LogP contribution in [0.25, 0.3) is 0 Å². The van der Waals surface area contributed by atoms with Crippen molar-refractivity contribution >= 4 is 11.9 Å². The first-order valence-electron chi connectivity index (χ1n) is 26.6. The molecule has 2 unspecified atom stereocenters. The van der Waals surface area contributed by atoms with E-state index in [9.17, 15) is 19.8 Å². The molecule has 0 saturated heterocycles. The second kappa shape index (κ2) is 51.2. The van der Waals surface area contributed by atoms with Crippen molar-refractivity contribution in [2.75, 3.05) is 13.2 Å². The Kier molecular flexibility index (Phi) is 49.2. The van der Waals surface area contributed by atoms with Crippen LogP contribution in [0, 0.1) is 0 Å². The van der Waals surface area contributed by atoms with Crippen LogP contribution in [0.1, 0.15) is 258 Å². The molecule has 0 radical (unpaired) electrons. The van der Waals surface area contributed by atoms with E-state index in [1.165, 1.54) is 141 Å². The zero-order valence-electron chi connectivity index (χ0n) is 40.8. The molecule has 0 spiro atoms. The fraction of sp³-hybridized carbons (Fsp3) is 0.786. The van der Waals surface area contributed by atoms with Crippen molar-refractivity contribution in [2.24, 2.45) is 0 Å². The number of carbonyl (C=O) groups is 2. The van der Waals surface area contributed by atoms with Crippen LogP contribution in [0.15, 0.2) is 60.8 Å². The molecule has 0 fully saturated rings. The molecule has 0 bridgehead atoms. The Bertz CT molecular complexity index is 1090. The van der Waals surface area contributed by atoms with Gasteiger partial charge in [-0.05, 0) is 96.3 Å². The zero-order valence-corrected chi connectivity index (χ0v) is 40.8. The molecule has 0 aliphatic carbocycles. The first kappa shape index (κ1) is 59.6. The fourth-order valence-corrected chi connectivity index (χ4v) is 7.65. The molecule has 360 valence electrons. The maximum Gasteiger partial charge on any atom is 0.305 e. The molecule has 0 aromatic heterocycles. The van der Waals surface area contributed by atoms with Gasteiger partial charge in [0, 0.05) is 12.8 Å². The van der Waals surface area contributed by atoms with Crippen molar-refractivity contribution in [2.45, 2.75) is 270 Å². The Labute approximate surface area is 384 Å². The summed E-state index contributed by atoms with van der Waals surface area (Å²) in [4.78, 5) is 24.4. The molecule has 3 N–H and O–H groups in total. The van der Waals surface area contributed by atoms with Crippen LogP contribution in [-0.2, 0) is 14.3 Å². The third-order valence-electron chi connectivity index (χ3n) is 11.8. The number of aliphatic hydroxyl groups is 2. The van der Waals surface area contributed by atoms with E-state index in [-0.39, 0.29) is 18.5 Å². The van der Waals surface area contributed by atoms with Gasteiger partial charge < -0.3 is 20.3 Å². The van der Waals surface area contributed by atoms with Gasteiger partial charge in [0.05, 0.1) is 25.4 Å². The predicted octanol–water partition coefficient (Wildman–Crippen LogP) is 16.0. The third-order valence-corrected chi connectivity index (χ3v) is 11.8. The highest BCUT2D eigenvalue weighted by molar-refractivity contribution is 5.76. The number of nitrogens with one attached hydrogen (secondary N) is 1. The van der Waals surface area contributed by atoms with Crippen LogP contribution in [0.2, 0.25) is 0 Å². The Morgan fingerprint density at radius 2 is 0.855 bits per heavy atom. The Balaban J connectivity index is 3.57. The van der Waals surface area contributed by atoms with Crippen LogP contribution < -0.4 is 5.32 Å². The summed E-state index contributed by atoms with van der Waals surface area (Å²) in [5.41, 5.74) is 0. The van der Waals surface area contributed by atoms with Gasteiger partial charge in [-0.2, -0.15) is 0 Å². The topological polar surface area (TPSA) is 95.9 Å². The van der Waals surface area contributed by atoms with Crippen molar-refractivity contribution in [3.05, 3.63) is 60.8 Å². The zero-order chi connectivity index (χ0) is 45.1. The summed E-state index contributed by atoms with van der Waals surface area (Å²) in [5.74, 6) is -0.130. The second-order valence-electron chi connectivity index (χ2n) is 17.9. The van der Waals surface area contributed by atoms with Gasteiger partial charge in [0.25, 0.3) is 0 Å². The fourth-order valence-electron chi connectivity index (χ4n) is 7.65. The van der Waals surface area contributed by atoms with Crippen molar-refractivity contribution in [1.29, 1.82) is 0 Å². The van der Waals surface area contributed by atoms with Gasteiger partial charge in [-0.3, -0.25) is 9.59 Å². The molecule has 1 amide bonds.